The van der Waals surface area contributed by atoms with Crippen molar-refractivity contribution >= 4 is 0 Å². The van der Waals surface area contributed by atoms with Crippen molar-refractivity contribution < 1.29 is 0 Å². The molecule has 0 saturated carbocycles. The van der Waals surface area contributed by atoms with E-state index in [2.05, 4.69) is 52.3 Å². The van der Waals surface area contributed by atoms with Crippen LogP contribution in [-0.2, 0) is 0 Å². The van der Waals surface area contributed by atoms with Crippen LogP contribution in [0, 0.1) is 11.8 Å². The maximum absolute atomic E-state index is 3.85. The third kappa shape index (κ3) is 5.78. The van der Waals surface area contributed by atoms with E-state index in [0.29, 0.717) is 5.92 Å². The van der Waals surface area contributed by atoms with E-state index in [0.717, 1.165) is 12.5 Å². The molecule has 0 aromatic rings. The standard InChI is InChI=1S/C14H27N/c1-7-12(4)10-15(6)11-13(5)14(8-2)9-3/h8-9,12-13H,2,7,10-11H2,1,3-6H3/b14-9+. The molecule has 1 nitrogen and oxygen atoms in total. The van der Waals surface area contributed by atoms with E-state index < -0.39 is 0 Å². The molecule has 0 radical (unpaired) electrons. The molecule has 2 atom stereocenters. The quantitative estimate of drug-likeness (QED) is 0.577. The highest BCUT2D eigenvalue weighted by molar-refractivity contribution is 5.18. The first-order chi connectivity index (χ1) is 7.04. The summed E-state index contributed by atoms with van der Waals surface area (Å²) in [5, 5.41) is 0. The normalized spacial score (nSPS) is 16.5. The van der Waals surface area contributed by atoms with Gasteiger partial charge in [-0.2, -0.15) is 0 Å². The van der Waals surface area contributed by atoms with Gasteiger partial charge in [-0.1, -0.05) is 45.9 Å². The van der Waals surface area contributed by atoms with Crippen LogP contribution in [0.15, 0.2) is 24.3 Å². The average Bonchev–Trinajstić information content (AvgIpc) is 2.19. The van der Waals surface area contributed by atoms with Gasteiger partial charge >= 0.3 is 0 Å². The van der Waals surface area contributed by atoms with Crippen molar-refractivity contribution in [3.63, 3.8) is 0 Å². The van der Waals surface area contributed by atoms with Gasteiger partial charge in [0.05, 0.1) is 0 Å². The first-order valence-corrected chi connectivity index (χ1v) is 6.02. The van der Waals surface area contributed by atoms with Gasteiger partial charge in [0.2, 0.25) is 0 Å². The highest BCUT2D eigenvalue weighted by Crippen LogP contribution is 2.13. The summed E-state index contributed by atoms with van der Waals surface area (Å²) in [4.78, 5) is 2.42. The van der Waals surface area contributed by atoms with Crippen molar-refractivity contribution in [3.8, 4) is 0 Å². The summed E-state index contributed by atoms with van der Waals surface area (Å²) in [6.07, 6.45) is 5.40. The lowest BCUT2D eigenvalue weighted by atomic mass is 10.00. The molecule has 0 aliphatic heterocycles. The monoisotopic (exact) mass is 209 g/mol. The third-order valence-corrected chi connectivity index (χ3v) is 3.04. The third-order valence-electron chi connectivity index (χ3n) is 3.04. The van der Waals surface area contributed by atoms with Gasteiger partial charge in [-0.25, -0.2) is 0 Å². The number of nitrogens with zero attached hydrogens (tertiary/aromatic N) is 1. The van der Waals surface area contributed by atoms with Crippen LogP contribution in [0.2, 0.25) is 0 Å². The molecular weight excluding hydrogens is 182 g/mol. The highest BCUT2D eigenvalue weighted by Gasteiger charge is 2.10. The van der Waals surface area contributed by atoms with Crippen molar-refractivity contribution in [3.05, 3.63) is 24.3 Å². The summed E-state index contributed by atoms with van der Waals surface area (Å²) in [7, 11) is 2.21. The zero-order valence-electron chi connectivity index (χ0n) is 11.1. The summed E-state index contributed by atoms with van der Waals surface area (Å²) in [6, 6.07) is 0. The highest BCUT2D eigenvalue weighted by atomic mass is 15.1. The first kappa shape index (κ1) is 14.4. The van der Waals surface area contributed by atoms with Crippen molar-refractivity contribution in [1.29, 1.82) is 0 Å². The van der Waals surface area contributed by atoms with Gasteiger partial charge in [-0.15, -0.1) is 0 Å². The smallest absolute Gasteiger partial charge is 0.00445 e. The molecule has 0 bridgehead atoms. The minimum absolute atomic E-state index is 0.585. The Hall–Kier alpha value is -0.560. The van der Waals surface area contributed by atoms with Gasteiger partial charge in [0.1, 0.15) is 0 Å². The molecule has 0 spiro atoms. The molecule has 0 N–H and O–H groups in total. The minimum Gasteiger partial charge on any atom is -0.306 e. The van der Waals surface area contributed by atoms with Crippen molar-refractivity contribution in [2.75, 3.05) is 20.1 Å². The molecule has 0 fully saturated rings. The van der Waals surface area contributed by atoms with Crippen molar-refractivity contribution in [2.45, 2.75) is 34.1 Å². The summed E-state index contributed by atoms with van der Waals surface area (Å²) in [5.74, 6) is 1.38. The van der Waals surface area contributed by atoms with Gasteiger partial charge in [0, 0.05) is 13.1 Å². The lowest BCUT2D eigenvalue weighted by molar-refractivity contribution is 0.261. The predicted molar refractivity (Wildman–Crippen MR) is 70.1 cm³/mol. The van der Waals surface area contributed by atoms with Gasteiger partial charge in [-0.3, -0.25) is 0 Å². The summed E-state index contributed by atoms with van der Waals surface area (Å²) < 4.78 is 0. The van der Waals surface area contributed by atoms with Crippen LogP contribution in [0.1, 0.15) is 34.1 Å². The van der Waals surface area contributed by atoms with E-state index in [4.69, 9.17) is 0 Å². The molecule has 0 heterocycles. The fraction of sp³-hybridized carbons (Fsp3) is 0.714. The number of hydrogen-bond acceptors (Lipinski definition) is 1. The van der Waals surface area contributed by atoms with Crippen LogP contribution in [0.4, 0.5) is 0 Å². The summed E-state index contributed by atoms with van der Waals surface area (Å²) in [5.41, 5.74) is 1.35. The Bertz CT molecular complexity index is 205. The Morgan fingerprint density at radius 1 is 1.33 bits per heavy atom. The molecule has 0 aromatic heterocycles. The van der Waals surface area contributed by atoms with Crippen LogP contribution in [-0.4, -0.2) is 25.0 Å². The van der Waals surface area contributed by atoms with Crippen LogP contribution < -0.4 is 0 Å². The van der Waals surface area contributed by atoms with E-state index in [-0.39, 0.29) is 0 Å². The molecule has 0 saturated heterocycles. The van der Waals surface area contributed by atoms with E-state index in [1.165, 1.54) is 18.5 Å². The molecule has 88 valence electrons. The Morgan fingerprint density at radius 2 is 1.93 bits per heavy atom. The molecule has 1 heteroatoms. The summed E-state index contributed by atoms with van der Waals surface area (Å²) in [6.45, 7) is 15.1. The summed E-state index contributed by atoms with van der Waals surface area (Å²) >= 11 is 0. The predicted octanol–water partition coefficient (Wildman–Crippen LogP) is 3.73. The molecule has 2 unspecified atom stereocenters. The van der Waals surface area contributed by atoms with Crippen LogP contribution in [0.3, 0.4) is 0 Å². The van der Waals surface area contributed by atoms with Gasteiger partial charge < -0.3 is 4.90 Å². The lowest BCUT2D eigenvalue weighted by Crippen LogP contribution is -2.29. The molecule has 0 aromatic carbocycles. The molecule has 0 amide bonds. The number of allylic oxidation sites excluding steroid dienone is 2. The van der Waals surface area contributed by atoms with E-state index >= 15 is 0 Å². The Labute approximate surface area is 95.9 Å². The van der Waals surface area contributed by atoms with Crippen molar-refractivity contribution in [2.24, 2.45) is 11.8 Å². The number of hydrogen-bond donors (Lipinski definition) is 0. The minimum atomic E-state index is 0.585. The lowest BCUT2D eigenvalue weighted by Gasteiger charge is -2.24. The topological polar surface area (TPSA) is 3.24 Å². The second-order valence-corrected chi connectivity index (χ2v) is 4.63. The molecule has 0 rings (SSSR count). The van der Waals surface area contributed by atoms with Gasteiger partial charge in [-0.05, 0) is 31.4 Å². The van der Waals surface area contributed by atoms with Crippen LogP contribution in [0.25, 0.3) is 0 Å². The Morgan fingerprint density at radius 3 is 2.33 bits per heavy atom. The van der Waals surface area contributed by atoms with Crippen LogP contribution in [0.5, 0.6) is 0 Å². The maximum Gasteiger partial charge on any atom is 0.00445 e. The molecule has 0 aliphatic rings. The Balaban J connectivity index is 4.05. The maximum atomic E-state index is 3.85. The van der Waals surface area contributed by atoms with Crippen molar-refractivity contribution in [1.82, 2.24) is 4.90 Å². The molecule has 15 heavy (non-hydrogen) atoms. The van der Waals surface area contributed by atoms with Gasteiger partial charge in [0.25, 0.3) is 0 Å². The molecular formula is C14H27N. The zero-order chi connectivity index (χ0) is 11.8. The van der Waals surface area contributed by atoms with Crippen LogP contribution >= 0.6 is 0 Å². The average molecular weight is 209 g/mol. The second kappa shape index (κ2) is 7.70. The fourth-order valence-electron chi connectivity index (χ4n) is 1.91. The van der Waals surface area contributed by atoms with E-state index in [1.54, 1.807) is 0 Å². The molecule has 0 aliphatic carbocycles. The zero-order valence-corrected chi connectivity index (χ0v) is 11.1. The largest absolute Gasteiger partial charge is 0.306 e. The van der Waals surface area contributed by atoms with E-state index in [9.17, 15) is 0 Å². The van der Waals surface area contributed by atoms with E-state index in [1.807, 2.05) is 6.08 Å². The van der Waals surface area contributed by atoms with Gasteiger partial charge in [0.15, 0.2) is 0 Å². The second-order valence-electron chi connectivity index (χ2n) is 4.63. The Kier molecular flexibility index (Phi) is 7.41. The number of rotatable bonds is 7. The fourth-order valence-corrected chi connectivity index (χ4v) is 1.91. The SMILES string of the molecule is C=C/C(=C\C)C(C)CN(C)CC(C)CC. The first-order valence-electron chi connectivity index (χ1n) is 6.02.